The number of carbonyl (C=O) groups is 3. The number of fused-ring (bicyclic) bond motifs is 4. The van der Waals surface area contributed by atoms with Crippen molar-refractivity contribution in [3.05, 3.63) is 30.1 Å². The molecule has 0 unspecified atom stereocenters. The zero-order valence-electron chi connectivity index (χ0n) is 14.5. The Bertz CT molecular complexity index is 710. The van der Waals surface area contributed by atoms with Gasteiger partial charge in [-0.2, -0.15) is 0 Å². The summed E-state index contributed by atoms with van der Waals surface area (Å²) in [7, 11) is 0. The van der Waals surface area contributed by atoms with Crippen molar-refractivity contribution in [3.63, 3.8) is 0 Å². The van der Waals surface area contributed by atoms with Gasteiger partial charge in [0.25, 0.3) is 5.91 Å². The number of pyridine rings is 1. The van der Waals surface area contributed by atoms with Crippen molar-refractivity contribution in [2.45, 2.75) is 18.9 Å². The van der Waals surface area contributed by atoms with Crippen LogP contribution in [0, 0.1) is 5.92 Å². The summed E-state index contributed by atoms with van der Waals surface area (Å²) < 4.78 is 4.90. The highest BCUT2D eigenvalue weighted by atomic mass is 16.6. The molecule has 0 aliphatic carbocycles. The molecule has 5 heterocycles. The molecule has 0 N–H and O–H groups in total. The minimum absolute atomic E-state index is 0.000458. The van der Waals surface area contributed by atoms with Gasteiger partial charge in [-0.1, -0.05) is 0 Å². The molecule has 8 nitrogen and oxygen atoms in total. The maximum Gasteiger partial charge on any atom is 0.410 e. The lowest BCUT2D eigenvalue weighted by atomic mass is 9.95. The summed E-state index contributed by atoms with van der Waals surface area (Å²) in [6.45, 7) is 2.67. The van der Waals surface area contributed by atoms with Gasteiger partial charge < -0.3 is 14.5 Å². The Morgan fingerprint density at radius 2 is 2.12 bits per heavy atom. The fraction of sp³-hybridized carbons (Fsp3) is 0.556. The first-order valence-electron chi connectivity index (χ1n) is 9.02. The Labute approximate surface area is 151 Å². The Hall–Kier alpha value is -2.64. The molecule has 1 aromatic heterocycles. The van der Waals surface area contributed by atoms with Gasteiger partial charge in [-0.05, 0) is 30.9 Å². The number of amides is 3. The van der Waals surface area contributed by atoms with Gasteiger partial charge in [-0.25, -0.2) is 4.79 Å². The highest BCUT2D eigenvalue weighted by Gasteiger charge is 2.39. The summed E-state index contributed by atoms with van der Waals surface area (Å²) in [5.41, 5.74) is 0.575. The third-order valence-corrected chi connectivity index (χ3v) is 5.40. The fourth-order valence-corrected chi connectivity index (χ4v) is 4.05. The maximum atomic E-state index is 12.8. The van der Waals surface area contributed by atoms with Crippen molar-refractivity contribution in [1.82, 2.24) is 19.7 Å². The molecule has 2 atom stereocenters. The van der Waals surface area contributed by atoms with E-state index in [-0.39, 0.29) is 30.3 Å². The second kappa shape index (κ2) is 6.93. The Morgan fingerprint density at radius 3 is 2.85 bits per heavy atom. The third-order valence-electron chi connectivity index (χ3n) is 5.40. The van der Waals surface area contributed by atoms with Crippen LogP contribution in [0.25, 0.3) is 0 Å². The Balaban J connectivity index is 1.45. The van der Waals surface area contributed by atoms with E-state index in [0.29, 0.717) is 38.3 Å². The first-order chi connectivity index (χ1) is 12.6. The molecule has 0 radical (unpaired) electrons. The molecule has 2 bridgehead atoms. The molecule has 5 rings (SSSR count). The lowest BCUT2D eigenvalue weighted by Gasteiger charge is -2.36. The molecule has 4 aliphatic heterocycles. The van der Waals surface area contributed by atoms with Crippen LogP contribution in [0.15, 0.2) is 24.5 Å². The van der Waals surface area contributed by atoms with Crippen molar-refractivity contribution >= 4 is 17.9 Å². The monoisotopic (exact) mass is 358 g/mol. The third kappa shape index (κ3) is 3.23. The Kier molecular flexibility index (Phi) is 4.48. The first-order valence-corrected chi connectivity index (χ1v) is 9.02. The van der Waals surface area contributed by atoms with Gasteiger partial charge in [0.1, 0.15) is 13.2 Å². The van der Waals surface area contributed by atoms with E-state index in [4.69, 9.17) is 4.74 Å². The van der Waals surface area contributed by atoms with Gasteiger partial charge >= 0.3 is 6.09 Å². The van der Waals surface area contributed by atoms with E-state index in [0.717, 1.165) is 12.8 Å². The van der Waals surface area contributed by atoms with Gasteiger partial charge in [0.15, 0.2) is 0 Å². The summed E-state index contributed by atoms with van der Waals surface area (Å²) in [5.74, 6) is 0.172. The van der Waals surface area contributed by atoms with Gasteiger partial charge in [0, 0.05) is 38.1 Å². The van der Waals surface area contributed by atoms with Crippen LogP contribution in [0.1, 0.15) is 23.2 Å². The molecule has 4 saturated heterocycles. The fourth-order valence-electron chi connectivity index (χ4n) is 4.05. The zero-order chi connectivity index (χ0) is 18.1. The van der Waals surface area contributed by atoms with Crippen molar-refractivity contribution in [2.75, 3.05) is 39.3 Å². The van der Waals surface area contributed by atoms with E-state index in [2.05, 4.69) is 4.98 Å². The molecule has 0 spiro atoms. The zero-order valence-corrected chi connectivity index (χ0v) is 14.5. The van der Waals surface area contributed by atoms with Crippen molar-refractivity contribution < 1.29 is 19.1 Å². The standard InChI is InChI=1S/C18H22N4O4/c23-16(12-20-6-7-26-18(20)25)22-10-13-3-4-15(22)11-21(9-13)17(24)14-2-1-5-19-8-14/h1-2,5,8,13,15H,3-4,6-7,9-12H2/t13-,15+/m0/s1. The first kappa shape index (κ1) is 16.8. The van der Waals surface area contributed by atoms with Crippen molar-refractivity contribution in [3.8, 4) is 0 Å². The van der Waals surface area contributed by atoms with Crippen LogP contribution in [0.4, 0.5) is 4.79 Å². The Morgan fingerprint density at radius 1 is 1.23 bits per heavy atom. The lowest BCUT2D eigenvalue weighted by molar-refractivity contribution is -0.135. The number of aromatic nitrogens is 1. The second-order valence-corrected chi connectivity index (χ2v) is 7.13. The van der Waals surface area contributed by atoms with Crippen LogP contribution in [0.5, 0.6) is 0 Å². The number of hydrogen-bond acceptors (Lipinski definition) is 5. The van der Waals surface area contributed by atoms with E-state index >= 15 is 0 Å². The molecule has 0 aromatic carbocycles. The van der Waals surface area contributed by atoms with E-state index < -0.39 is 6.09 Å². The minimum Gasteiger partial charge on any atom is -0.448 e. The average molecular weight is 358 g/mol. The number of nitrogens with zero attached hydrogens (tertiary/aromatic N) is 4. The van der Waals surface area contributed by atoms with E-state index in [1.807, 2.05) is 9.80 Å². The summed E-state index contributed by atoms with van der Waals surface area (Å²) in [6, 6.07) is 3.52. The number of piperidine rings is 1. The molecule has 138 valence electrons. The van der Waals surface area contributed by atoms with Crippen LogP contribution in [-0.2, 0) is 9.53 Å². The van der Waals surface area contributed by atoms with Crippen molar-refractivity contribution in [2.24, 2.45) is 5.92 Å². The van der Waals surface area contributed by atoms with Gasteiger partial charge in [-0.3, -0.25) is 19.5 Å². The van der Waals surface area contributed by atoms with E-state index in [1.54, 1.807) is 24.5 Å². The summed E-state index contributed by atoms with van der Waals surface area (Å²) in [6.07, 6.45) is 4.70. The van der Waals surface area contributed by atoms with Crippen molar-refractivity contribution in [1.29, 1.82) is 0 Å². The van der Waals surface area contributed by atoms with Gasteiger partial charge in [0.05, 0.1) is 12.1 Å². The number of hydrogen-bond donors (Lipinski definition) is 0. The van der Waals surface area contributed by atoms with Gasteiger partial charge in [0.2, 0.25) is 5.91 Å². The number of cyclic esters (lactones) is 1. The van der Waals surface area contributed by atoms with Crippen LogP contribution < -0.4 is 0 Å². The van der Waals surface area contributed by atoms with Crippen LogP contribution >= 0.6 is 0 Å². The SMILES string of the molecule is O=C1OCCN1CC(=O)N1C[C@H]2CC[C@@H]1CN(C(=O)c1cccnc1)C2. The number of carbonyl (C=O) groups excluding carboxylic acids is 3. The largest absolute Gasteiger partial charge is 0.448 e. The summed E-state index contributed by atoms with van der Waals surface area (Å²) in [5, 5.41) is 0. The number of ether oxygens (including phenoxy) is 1. The summed E-state index contributed by atoms with van der Waals surface area (Å²) in [4.78, 5) is 46.3. The smallest absolute Gasteiger partial charge is 0.410 e. The highest BCUT2D eigenvalue weighted by Crippen LogP contribution is 2.29. The predicted molar refractivity (Wildman–Crippen MR) is 91.3 cm³/mol. The van der Waals surface area contributed by atoms with Crippen LogP contribution in [0.3, 0.4) is 0 Å². The second-order valence-electron chi connectivity index (χ2n) is 7.13. The van der Waals surface area contributed by atoms with E-state index in [1.165, 1.54) is 4.90 Å². The summed E-state index contributed by atoms with van der Waals surface area (Å²) >= 11 is 0. The molecule has 8 heteroatoms. The predicted octanol–water partition coefficient (Wildman–Crippen LogP) is 0.597. The molecule has 1 aromatic rings. The molecule has 4 fully saturated rings. The minimum atomic E-state index is -0.424. The maximum absolute atomic E-state index is 12.8. The van der Waals surface area contributed by atoms with Crippen LogP contribution in [-0.4, -0.2) is 83.0 Å². The highest BCUT2D eigenvalue weighted by molar-refractivity contribution is 5.94. The molecule has 4 aliphatic rings. The number of rotatable bonds is 3. The average Bonchev–Trinajstić information content (AvgIpc) is 2.87. The van der Waals surface area contributed by atoms with Gasteiger partial charge in [-0.15, -0.1) is 0 Å². The topological polar surface area (TPSA) is 83.0 Å². The lowest BCUT2D eigenvalue weighted by Crippen LogP contribution is -2.51. The molecule has 3 amide bonds. The van der Waals surface area contributed by atoms with Crippen LogP contribution in [0.2, 0.25) is 0 Å². The van der Waals surface area contributed by atoms with E-state index in [9.17, 15) is 14.4 Å². The molecular formula is C18H22N4O4. The molecule has 0 saturated carbocycles. The quantitative estimate of drug-likeness (QED) is 0.790. The molecule has 26 heavy (non-hydrogen) atoms. The normalized spacial score (nSPS) is 25.2. The molecular weight excluding hydrogens is 336 g/mol.